The van der Waals surface area contributed by atoms with E-state index >= 15 is 0 Å². The maximum Gasteiger partial charge on any atom is 0.173 e. The van der Waals surface area contributed by atoms with Crippen molar-refractivity contribution in [1.82, 2.24) is 9.55 Å². The molecular weight excluding hydrogens is 384 g/mol. The van der Waals surface area contributed by atoms with Crippen molar-refractivity contribution in [3.8, 4) is 5.75 Å². The highest BCUT2D eigenvalue weighted by atomic mass is 35.5. The Morgan fingerprint density at radius 3 is 2.70 bits per heavy atom. The summed E-state index contributed by atoms with van der Waals surface area (Å²) in [6.45, 7) is 3.76. The van der Waals surface area contributed by atoms with Crippen LogP contribution in [0.5, 0.6) is 5.75 Å². The molecule has 142 valence electrons. The lowest BCUT2D eigenvalue weighted by atomic mass is 10.1. The molecule has 0 N–H and O–H groups in total. The van der Waals surface area contributed by atoms with E-state index in [9.17, 15) is 4.79 Å². The lowest BCUT2D eigenvalue weighted by molar-refractivity contribution is 0.102. The van der Waals surface area contributed by atoms with Crippen LogP contribution in [0.15, 0.2) is 47.6 Å². The summed E-state index contributed by atoms with van der Waals surface area (Å²) >= 11 is 7.50. The van der Waals surface area contributed by atoms with Crippen molar-refractivity contribution in [2.24, 2.45) is 0 Å². The SMILES string of the molecule is CCOc1ccc(C(=O)CSc2nc3cc(Cl)ccc3n2CCOC)cc1. The normalized spacial score (nSPS) is 11.1. The van der Waals surface area contributed by atoms with Crippen LogP contribution in [0.25, 0.3) is 11.0 Å². The van der Waals surface area contributed by atoms with Crippen LogP contribution in [0.3, 0.4) is 0 Å². The van der Waals surface area contributed by atoms with Gasteiger partial charge in [-0.3, -0.25) is 4.79 Å². The van der Waals surface area contributed by atoms with Crippen molar-refractivity contribution >= 4 is 40.2 Å². The van der Waals surface area contributed by atoms with Crippen LogP contribution in [0, 0.1) is 0 Å². The number of rotatable bonds is 9. The minimum atomic E-state index is 0.0476. The Hall–Kier alpha value is -2.02. The van der Waals surface area contributed by atoms with Crippen molar-refractivity contribution < 1.29 is 14.3 Å². The van der Waals surface area contributed by atoms with Crippen molar-refractivity contribution in [2.75, 3.05) is 26.1 Å². The second-order valence-corrected chi connectivity index (χ2v) is 7.22. The number of methoxy groups -OCH3 is 1. The maximum atomic E-state index is 12.5. The van der Waals surface area contributed by atoms with Gasteiger partial charge < -0.3 is 14.0 Å². The first-order valence-corrected chi connectivity index (χ1v) is 10.0. The van der Waals surface area contributed by atoms with Gasteiger partial charge in [0.15, 0.2) is 10.9 Å². The van der Waals surface area contributed by atoms with Crippen LogP contribution >= 0.6 is 23.4 Å². The average Bonchev–Trinajstić information content (AvgIpc) is 3.01. The Balaban J connectivity index is 1.76. The number of imidazole rings is 1. The summed E-state index contributed by atoms with van der Waals surface area (Å²) in [5, 5.41) is 1.42. The molecule has 0 aliphatic carbocycles. The van der Waals surface area contributed by atoms with Gasteiger partial charge in [0, 0.05) is 24.2 Å². The van der Waals surface area contributed by atoms with Gasteiger partial charge in [-0.2, -0.15) is 0 Å². The number of benzene rings is 2. The number of ketones is 1. The summed E-state index contributed by atoms with van der Waals surface area (Å²) in [5.41, 5.74) is 2.45. The monoisotopic (exact) mass is 404 g/mol. The van der Waals surface area contributed by atoms with Gasteiger partial charge in [0.1, 0.15) is 5.75 Å². The van der Waals surface area contributed by atoms with E-state index in [-0.39, 0.29) is 5.78 Å². The van der Waals surface area contributed by atoms with Crippen LogP contribution in [-0.2, 0) is 11.3 Å². The van der Waals surface area contributed by atoms with E-state index < -0.39 is 0 Å². The first-order chi connectivity index (χ1) is 13.1. The molecule has 3 rings (SSSR count). The largest absolute Gasteiger partial charge is 0.494 e. The number of hydrogen-bond donors (Lipinski definition) is 0. The van der Waals surface area contributed by atoms with Gasteiger partial charge in [0.25, 0.3) is 0 Å². The lowest BCUT2D eigenvalue weighted by Crippen LogP contribution is -2.08. The van der Waals surface area contributed by atoms with Crippen LogP contribution in [0.1, 0.15) is 17.3 Å². The topological polar surface area (TPSA) is 53.3 Å². The molecule has 0 aliphatic rings. The molecule has 0 saturated carbocycles. The van der Waals surface area contributed by atoms with E-state index in [2.05, 4.69) is 9.55 Å². The quantitative estimate of drug-likeness (QED) is 0.382. The fraction of sp³-hybridized carbons (Fsp3) is 0.300. The third-order valence-electron chi connectivity index (χ3n) is 4.01. The molecule has 0 radical (unpaired) electrons. The average molecular weight is 405 g/mol. The van der Waals surface area contributed by atoms with Gasteiger partial charge in [-0.1, -0.05) is 23.4 Å². The Morgan fingerprint density at radius 2 is 2.00 bits per heavy atom. The van der Waals surface area contributed by atoms with Gasteiger partial charge in [-0.05, 0) is 49.4 Å². The number of Topliss-reactive ketones (excluding diaryl/α,β-unsaturated/α-hetero) is 1. The number of ether oxygens (including phenoxy) is 2. The highest BCUT2D eigenvalue weighted by Gasteiger charge is 2.14. The van der Waals surface area contributed by atoms with Crippen LogP contribution in [0.2, 0.25) is 5.02 Å². The molecule has 0 amide bonds. The molecule has 1 aromatic heterocycles. The summed E-state index contributed by atoms with van der Waals surface area (Å²) in [5.74, 6) is 1.12. The van der Waals surface area contributed by atoms with E-state index in [1.54, 1.807) is 19.2 Å². The number of thioether (sulfide) groups is 1. The Morgan fingerprint density at radius 1 is 1.22 bits per heavy atom. The molecule has 0 spiro atoms. The van der Waals surface area contributed by atoms with Crippen molar-refractivity contribution in [2.45, 2.75) is 18.6 Å². The number of hydrogen-bond acceptors (Lipinski definition) is 5. The van der Waals surface area contributed by atoms with Gasteiger partial charge >= 0.3 is 0 Å². The second kappa shape index (κ2) is 9.26. The predicted molar refractivity (Wildman–Crippen MR) is 109 cm³/mol. The number of aromatic nitrogens is 2. The number of fused-ring (bicyclic) bond motifs is 1. The molecule has 0 bridgehead atoms. The molecule has 3 aromatic rings. The molecule has 2 aromatic carbocycles. The minimum absolute atomic E-state index is 0.0476. The summed E-state index contributed by atoms with van der Waals surface area (Å²) in [4.78, 5) is 17.2. The zero-order chi connectivity index (χ0) is 19.2. The second-order valence-electron chi connectivity index (χ2n) is 5.84. The maximum absolute atomic E-state index is 12.5. The van der Waals surface area contributed by atoms with Crippen molar-refractivity contribution in [1.29, 1.82) is 0 Å². The summed E-state index contributed by atoms with van der Waals surface area (Å²) < 4.78 is 12.7. The molecule has 7 heteroatoms. The summed E-state index contributed by atoms with van der Waals surface area (Å²) in [6, 6.07) is 12.8. The van der Waals surface area contributed by atoms with Crippen molar-refractivity contribution in [3.63, 3.8) is 0 Å². The number of halogens is 1. The minimum Gasteiger partial charge on any atom is -0.494 e. The van der Waals surface area contributed by atoms with Gasteiger partial charge in [-0.25, -0.2) is 4.98 Å². The van der Waals surface area contributed by atoms with E-state index in [0.29, 0.717) is 36.1 Å². The number of carbonyl (C=O) groups excluding carboxylic acids is 1. The van der Waals surface area contributed by atoms with Crippen LogP contribution in [0.4, 0.5) is 0 Å². The molecule has 0 fully saturated rings. The molecule has 0 saturated heterocycles. The number of nitrogens with zero attached hydrogens (tertiary/aromatic N) is 2. The standard InChI is InChI=1S/C20H21ClN2O3S/c1-3-26-16-7-4-14(5-8-16)19(24)13-27-20-22-17-12-15(21)6-9-18(17)23(20)10-11-25-2/h4-9,12H,3,10-11,13H2,1-2H3. The third kappa shape index (κ3) is 4.83. The molecule has 27 heavy (non-hydrogen) atoms. The van der Waals surface area contributed by atoms with Crippen LogP contribution < -0.4 is 4.74 Å². The van der Waals surface area contributed by atoms with E-state index in [4.69, 9.17) is 21.1 Å². The van der Waals surface area contributed by atoms with Gasteiger partial charge in [0.2, 0.25) is 0 Å². The molecule has 1 heterocycles. The zero-order valence-corrected chi connectivity index (χ0v) is 16.8. The zero-order valence-electron chi connectivity index (χ0n) is 15.3. The first-order valence-electron chi connectivity index (χ1n) is 8.66. The Labute approximate surface area is 167 Å². The molecule has 0 atom stereocenters. The highest BCUT2D eigenvalue weighted by molar-refractivity contribution is 7.99. The smallest absolute Gasteiger partial charge is 0.173 e. The van der Waals surface area contributed by atoms with Gasteiger partial charge in [0.05, 0.1) is 30.0 Å². The molecular formula is C20H21ClN2O3S. The highest BCUT2D eigenvalue weighted by Crippen LogP contribution is 2.27. The fourth-order valence-corrected chi connectivity index (χ4v) is 3.81. The fourth-order valence-electron chi connectivity index (χ4n) is 2.71. The summed E-state index contributed by atoms with van der Waals surface area (Å²) in [6.07, 6.45) is 0. The van der Waals surface area contributed by atoms with Gasteiger partial charge in [-0.15, -0.1) is 0 Å². The van der Waals surface area contributed by atoms with Crippen molar-refractivity contribution in [3.05, 3.63) is 53.1 Å². The van der Waals surface area contributed by atoms with E-state index in [1.807, 2.05) is 37.3 Å². The molecule has 0 unspecified atom stereocenters. The lowest BCUT2D eigenvalue weighted by Gasteiger charge is -2.08. The first kappa shape index (κ1) is 19.7. The van der Waals surface area contributed by atoms with E-state index in [0.717, 1.165) is 21.9 Å². The third-order valence-corrected chi connectivity index (χ3v) is 5.23. The Kier molecular flexibility index (Phi) is 6.77. The molecule has 5 nitrogen and oxygen atoms in total. The predicted octanol–water partition coefficient (Wildman–Crippen LogP) is 4.71. The van der Waals surface area contributed by atoms with E-state index in [1.165, 1.54) is 11.8 Å². The number of carbonyl (C=O) groups is 1. The Bertz CT molecular complexity index is 925. The summed E-state index contributed by atoms with van der Waals surface area (Å²) in [7, 11) is 1.66. The van der Waals surface area contributed by atoms with Crippen LogP contribution in [-0.4, -0.2) is 41.4 Å². The molecule has 0 aliphatic heterocycles.